The molecule has 23 heavy (non-hydrogen) atoms. The van der Waals surface area contributed by atoms with Gasteiger partial charge < -0.3 is 9.84 Å². The van der Waals surface area contributed by atoms with Crippen LogP contribution in [0, 0.1) is 0 Å². The predicted molar refractivity (Wildman–Crippen MR) is 88.4 cm³/mol. The minimum atomic E-state index is -1.17. The van der Waals surface area contributed by atoms with Gasteiger partial charge in [0.1, 0.15) is 6.10 Å². The molecule has 0 spiro atoms. The lowest BCUT2D eigenvalue weighted by atomic mass is 10.1. The van der Waals surface area contributed by atoms with Gasteiger partial charge in [0.2, 0.25) is 0 Å². The van der Waals surface area contributed by atoms with E-state index in [2.05, 4.69) is 0 Å². The fraction of sp³-hybridized carbons (Fsp3) is 0.176. The van der Waals surface area contributed by atoms with Crippen LogP contribution in [0.15, 0.2) is 42.5 Å². The highest BCUT2D eigenvalue weighted by atomic mass is 35.5. The van der Waals surface area contributed by atoms with E-state index in [0.717, 1.165) is 5.56 Å². The maximum atomic E-state index is 12.2. The zero-order valence-electron chi connectivity index (χ0n) is 12.3. The zero-order valence-corrected chi connectivity index (χ0v) is 13.8. The topological polar surface area (TPSA) is 63.6 Å². The molecule has 2 rings (SSSR count). The fourth-order valence-corrected chi connectivity index (χ4v) is 2.45. The summed E-state index contributed by atoms with van der Waals surface area (Å²) in [6.45, 7) is 1.73. The Kier molecular flexibility index (Phi) is 5.64. The normalized spacial score (nSPS) is 11.8. The summed E-state index contributed by atoms with van der Waals surface area (Å²) in [7, 11) is 0. The molecule has 1 N–H and O–H groups in total. The van der Waals surface area contributed by atoms with Crippen LogP contribution in [-0.4, -0.2) is 23.1 Å². The summed E-state index contributed by atoms with van der Waals surface area (Å²) in [5.41, 5.74) is 0.812. The number of carboxylic acid groups (broad SMARTS) is 1. The molecule has 2 aromatic rings. The first-order valence-electron chi connectivity index (χ1n) is 6.85. The van der Waals surface area contributed by atoms with Gasteiger partial charge in [-0.15, -0.1) is 0 Å². The molecule has 0 saturated carbocycles. The standard InChI is InChI=1S/C17H14Cl2O4/c1-10(8-11-6-7-14(18)15(19)9-11)23-17(22)13-5-3-2-4-12(13)16(20)21/h2-7,9-10H,8H2,1H3,(H,20,21). The van der Waals surface area contributed by atoms with Gasteiger partial charge in [-0.2, -0.15) is 0 Å². The zero-order chi connectivity index (χ0) is 17.0. The largest absolute Gasteiger partial charge is 0.478 e. The number of hydrogen-bond donors (Lipinski definition) is 1. The van der Waals surface area contributed by atoms with Crippen molar-refractivity contribution < 1.29 is 19.4 Å². The lowest BCUT2D eigenvalue weighted by Gasteiger charge is -2.14. The molecular formula is C17H14Cl2O4. The number of carboxylic acids is 1. The average Bonchev–Trinajstić information content (AvgIpc) is 2.50. The van der Waals surface area contributed by atoms with Crippen molar-refractivity contribution in [3.63, 3.8) is 0 Å². The van der Waals surface area contributed by atoms with E-state index < -0.39 is 18.0 Å². The van der Waals surface area contributed by atoms with Crippen molar-refractivity contribution in [2.24, 2.45) is 0 Å². The third-order valence-corrected chi connectivity index (χ3v) is 3.93. The molecule has 2 aromatic carbocycles. The second-order valence-electron chi connectivity index (χ2n) is 5.02. The van der Waals surface area contributed by atoms with Gasteiger partial charge >= 0.3 is 11.9 Å². The molecule has 0 amide bonds. The van der Waals surface area contributed by atoms with Crippen LogP contribution in [0.1, 0.15) is 33.2 Å². The predicted octanol–water partition coefficient (Wildman–Crippen LogP) is 4.48. The van der Waals surface area contributed by atoms with Gasteiger partial charge in [0.25, 0.3) is 0 Å². The second kappa shape index (κ2) is 7.49. The Balaban J connectivity index is 2.08. The van der Waals surface area contributed by atoms with E-state index in [1.807, 2.05) is 0 Å². The number of rotatable bonds is 5. The van der Waals surface area contributed by atoms with Gasteiger partial charge in [0.05, 0.1) is 21.2 Å². The first kappa shape index (κ1) is 17.3. The number of esters is 1. The number of benzene rings is 2. The van der Waals surface area contributed by atoms with Crippen molar-refractivity contribution in [2.75, 3.05) is 0 Å². The first-order chi connectivity index (χ1) is 10.9. The Morgan fingerprint density at radius 1 is 1.09 bits per heavy atom. The molecule has 0 fully saturated rings. The number of hydrogen-bond acceptors (Lipinski definition) is 3. The minimum Gasteiger partial charge on any atom is -0.478 e. The summed E-state index contributed by atoms with van der Waals surface area (Å²) in [5.74, 6) is -1.84. The molecule has 0 heterocycles. The molecule has 0 aliphatic heterocycles. The average molecular weight is 353 g/mol. The maximum absolute atomic E-state index is 12.2. The Bertz CT molecular complexity index is 743. The third kappa shape index (κ3) is 4.47. The molecule has 0 aliphatic rings. The highest BCUT2D eigenvalue weighted by Crippen LogP contribution is 2.23. The number of aromatic carboxylic acids is 1. The van der Waals surface area contributed by atoms with Crippen LogP contribution in [0.5, 0.6) is 0 Å². The molecule has 1 unspecified atom stereocenters. The van der Waals surface area contributed by atoms with Crippen molar-refractivity contribution in [1.82, 2.24) is 0 Å². The van der Waals surface area contributed by atoms with E-state index in [-0.39, 0.29) is 11.1 Å². The summed E-state index contributed by atoms with van der Waals surface area (Å²) in [4.78, 5) is 23.3. The quantitative estimate of drug-likeness (QED) is 0.805. The second-order valence-corrected chi connectivity index (χ2v) is 5.83. The van der Waals surface area contributed by atoms with Crippen molar-refractivity contribution in [1.29, 1.82) is 0 Å². The van der Waals surface area contributed by atoms with Crippen molar-refractivity contribution in [2.45, 2.75) is 19.4 Å². The van der Waals surface area contributed by atoms with Crippen molar-refractivity contribution in [3.8, 4) is 0 Å². The van der Waals surface area contributed by atoms with Gasteiger partial charge in [-0.05, 0) is 36.8 Å². The van der Waals surface area contributed by atoms with E-state index in [1.54, 1.807) is 37.3 Å². The summed E-state index contributed by atoms with van der Waals surface area (Å²) in [6, 6.07) is 11.1. The Morgan fingerprint density at radius 3 is 2.35 bits per heavy atom. The van der Waals surface area contributed by atoms with Gasteiger partial charge in [0.15, 0.2) is 0 Å². The third-order valence-electron chi connectivity index (χ3n) is 3.19. The molecule has 0 aromatic heterocycles. The minimum absolute atomic E-state index is 0.0287. The van der Waals surface area contributed by atoms with Gasteiger partial charge in [-0.25, -0.2) is 9.59 Å². The van der Waals surface area contributed by atoms with Crippen molar-refractivity contribution in [3.05, 3.63) is 69.2 Å². The summed E-state index contributed by atoms with van der Waals surface area (Å²) >= 11 is 11.8. The number of halogens is 2. The summed E-state index contributed by atoms with van der Waals surface area (Å²) < 4.78 is 5.32. The van der Waals surface area contributed by atoms with Gasteiger partial charge in [0, 0.05) is 6.42 Å². The summed E-state index contributed by atoms with van der Waals surface area (Å²) in [6.07, 6.45) is -0.000641. The first-order valence-corrected chi connectivity index (χ1v) is 7.61. The van der Waals surface area contributed by atoms with Crippen LogP contribution in [0.2, 0.25) is 10.0 Å². The van der Waals surface area contributed by atoms with Gasteiger partial charge in [-0.1, -0.05) is 41.4 Å². The monoisotopic (exact) mass is 352 g/mol. The Morgan fingerprint density at radius 2 is 1.74 bits per heavy atom. The maximum Gasteiger partial charge on any atom is 0.339 e. The number of ether oxygens (including phenoxy) is 1. The Hall–Kier alpha value is -2.04. The highest BCUT2D eigenvalue weighted by Gasteiger charge is 2.19. The molecule has 1 atom stereocenters. The number of carbonyl (C=O) groups is 2. The van der Waals surface area contributed by atoms with E-state index >= 15 is 0 Å². The van der Waals surface area contributed by atoms with E-state index in [9.17, 15) is 9.59 Å². The van der Waals surface area contributed by atoms with Crippen molar-refractivity contribution >= 4 is 35.1 Å². The van der Waals surface area contributed by atoms with Crippen LogP contribution in [0.25, 0.3) is 0 Å². The molecule has 4 nitrogen and oxygen atoms in total. The van der Waals surface area contributed by atoms with Crippen LogP contribution in [0.3, 0.4) is 0 Å². The lowest BCUT2D eigenvalue weighted by Crippen LogP contribution is -2.19. The van der Waals surface area contributed by atoms with Crippen LogP contribution in [0.4, 0.5) is 0 Å². The molecule has 0 saturated heterocycles. The van der Waals surface area contributed by atoms with Crippen LogP contribution >= 0.6 is 23.2 Å². The molecule has 6 heteroatoms. The van der Waals surface area contributed by atoms with Gasteiger partial charge in [-0.3, -0.25) is 0 Å². The van der Waals surface area contributed by atoms with E-state index in [4.69, 9.17) is 33.0 Å². The summed E-state index contributed by atoms with van der Waals surface area (Å²) in [5, 5.41) is 9.99. The molecule has 120 valence electrons. The number of carbonyl (C=O) groups excluding carboxylic acids is 1. The fourth-order valence-electron chi connectivity index (χ4n) is 2.13. The van der Waals surface area contributed by atoms with E-state index in [1.165, 1.54) is 12.1 Å². The smallest absolute Gasteiger partial charge is 0.339 e. The van der Waals surface area contributed by atoms with Crippen LogP contribution in [-0.2, 0) is 11.2 Å². The molecular weight excluding hydrogens is 339 g/mol. The SMILES string of the molecule is CC(Cc1ccc(Cl)c(Cl)c1)OC(=O)c1ccccc1C(=O)O. The lowest BCUT2D eigenvalue weighted by molar-refractivity contribution is 0.0336. The molecule has 0 aliphatic carbocycles. The Labute approximate surface area is 143 Å². The molecule has 0 bridgehead atoms. The van der Waals surface area contributed by atoms with Crippen LogP contribution < -0.4 is 0 Å². The highest BCUT2D eigenvalue weighted by molar-refractivity contribution is 6.42. The molecule has 0 radical (unpaired) electrons. The van der Waals surface area contributed by atoms with E-state index in [0.29, 0.717) is 16.5 Å².